The van der Waals surface area contributed by atoms with Crippen molar-refractivity contribution in [2.24, 2.45) is 0 Å². The highest BCUT2D eigenvalue weighted by atomic mass is 35.5. The van der Waals surface area contributed by atoms with Crippen molar-refractivity contribution in [1.29, 1.82) is 0 Å². The Morgan fingerprint density at radius 2 is 2.15 bits per heavy atom. The van der Waals surface area contributed by atoms with Crippen LogP contribution in [0.5, 0.6) is 0 Å². The number of benzene rings is 1. The van der Waals surface area contributed by atoms with E-state index in [4.69, 9.17) is 16.7 Å². The Morgan fingerprint density at radius 3 is 2.75 bits per heavy atom. The monoisotopic (exact) mass is 295 g/mol. The van der Waals surface area contributed by atoms with Gasteiger partial charge in [0, 0.05) is 5.02 Å². The summed E-state index contributed by atoms with van der Waals surface area (Å²) >= 11 is 5.79. The first kappa shape index (κ1) is 14.4. The number of aliphatic hydroxyl groups is 1. The van der Waals surface area contributed by atoms with Crippen molar-refractivity contribution in [1.82, 2.24) is 25.5 Å². The van der Waals surface area contributed by atoms with Crippen molar-refractivity contribution >= 4 is 17.5 Å². The molecule has 0 fully saturated rings. The molecule has 0 bridgehead atoms. The number of carbonyl (C=O) groups is 1. The second-order valence-corrected chi connectivity index (χ2v) is 4.58. The van der Waals surface area contributed by atoms with Crippen LogP contribution < -0.4 is 5.32 Å². The molecule has 2 aromatic rings. The Balaban J connectivity index is 2.12. The number of nitrogens with zero attached hydrogens (tertiary/aromatic N) is 4. The number of carbonyl (C=O) groups excluding carboxylic acids is 1. The van der Waals surface area contributed by atoms with Crippen LogP contribution in [0.25, 0.3) is 5.69 Å². The van der Waals surface area contributed by atoms with Gasteiger partial charge in [-0.15, -0.1) is 15.0 Å². The molecular weight excluding hydrogens is 282 g/mol. The average molecular weight is 296 g/mol. The minimum atomic E-state index is -0.467. The molecule has 1 heterocycles. The average Bonchev–Trinajstić information content (AvgIpc) is 2.95. The number of hydrogen-bond acceptors (Lipinski definition) is 5. The third-order valence-electron chi connectivity index (χ3n) is 2.72. The minimum Gasteiger partial charge on any atom is -0.394 e. The Kier molecular flexibility index (Phi) is 4.65. The molecule has 2 rings (SSSR count). The molecular formula is C12H14ClN5O2. The van der Waals surface area contributed by atoms with Crippen molar-refractivity contribution in [3.63, 3.8) is 0 Å². The van der Waals surface area contributed by atoms with Gasteiger partial charge in [0.2, 0.25) is 0 Å². The molecule has 0 aliphatic heterocycles. The maximum absolute atomic E-state index is 11.8. The SMILES string of the molecule is CC[C@H](CO)NC(=O)c1nnn(-c2ccc(Cl)cc2)n1. The molecule has 0 saturated heterocycles. The van der Waals surface area contributed by atoms with E-state index >= 15 is 0 Å². The smallest absolute Gasteiger partial charge is 0.293 e. The summed E-state index contributed by atoms with van der Waals surface area (Å²) < 4.78 is 0. The molecule has 1 amide bonds. The summed E-state index contributed by atoms with van der Waals surface area (Å²) in [4.78, 5) is 13.1. The van der Waals surface area contributed by atoms with Crippen LogP contribution in [0.15, 0.2) is 24.3 Å². The summed E-state index contributed by atoms with van der Waals surface area (Å²) in [5.41, 5.74) is 0.648. The molecule has 8 heteroatoms. The molecule has 1 aromatic heterocycles. The Hall–Kier alpha value is -1.99. The molecule has 0 radical (unpaired) electrons. The van der Waals surface area contributed by atoms with E-state index in [1.165, 1.54) is 4.80 Å². The van der Waals surface area contributed by atoms with Crippen LogP contribution in [0.3, 0.4) is 0 Å². The lowest BCUT2D eigenvalue weighted by atomic mass is 10.2. The molecule has 7 nitrogen and oxygen atoms in total. The normalized spacial score (nSPS) is 12.2. The predicted octanol–water partition coefficient (Wildman–Crippen LogP) is 0.816. The summed E-state index contributed by atoms with van der Waals surface area (Å²) in [6, 6.07) is 6.50. The van der Waals surface area contributed by atoms with E-state index in [9.17, 15) is 4.79 Å². The topological polar surface area (TPSA) is 92.9 Å². The molecule has 0 aliphatic rings. The van der Waals surface area contributed by atoms with Crippen LogP contribution in [0, 0.1) is 0 Å². The highest BCUT2D eigenvalue weighted by molar-refractivity contribution is 6.30. The molecule has 0 unspecified atom stereocenters. The Labute approximate surface area is 120 Å². The van der Waals surface area contributed by atoms with E-state index in [1.807, 2.05) is 6.92 Å². The minimum absolute atomic E-state index is 0.0492. The molecule has 106 valence electrons. The quantitative estimate of drug-likeness (QED) is 0.852. The highest BCUT2D eigenvalue weighted by Crippen LogP contribution is 2.11. The van der Waals surface area contributed by atoms with Gasteiger partial charge in [-0.25, -0.2) is 0 Å². The van der Waals surface area contributed by atoms with Gasteiger partial charge in [-0.05, 0) is 35.9 Å². The third-order valence-corrected chi connectivity index (χ3v) is 2.97. The molecule has 1 aromatic carbocycles. The third kappa shape index (κ3) is 3.31. The zero-order chi connectivity index (χ0) is 14.5. The zero-order valence-electron chi connectivity index (χ0n) is 10.8. The van der Waals surface area contributed by atoms with Crippen molar-refractivity contribution in [2.45, 2.75) is 19.4 Å². The Bertz CT molecular complexity index is 580. The van der Waals surface area contributed by atoms with Gasteiger partial charge in [-0.1, -0.05) is 18.5 Å². The van der Waals surface area contributed by atoms with E-state index in [2.05, 4.69) is 20.7 Å². The number of amides is 1. The van der Waals surface area contributed by atoms with E-state index < -0.39 is 5.91 Å². The number of hydrogen-bond donors (Lipinski definition) is 2. The first-order valence-electron chi connectivity index (χ1n) is 6.11. The number of nitrogens with one attached hydrogen (secondary N) is 1. The number of aliphatic hydroxyl groups excluding tert-OH is 1. The zero-order valence-corrected chi connectivity index (χ0v) is 11.6. The van der Waals surface area contributed by atoms with E-state index in [0.717, 1.165) is 0 Å². The highest BCUT2D eigenvalue weighted by Gasteiger charge is 2.16. The Morgan fingerprint density at radius 1 is 1.45 bits per heavy atom. The predicted molar refractivity (Wildman–Crippen MR) is 72.8 cm³/mol. The summed E-state index contributed by atoms with van der Waals surface area (Å²) in [5, 5.41) is 23.7. The maximum Gasteiger partial charge on any atom is 0.293 e. The maximum atomic E-state index is 11.8. The number of rotatable bonds is 5. The van der Waals surface area contributed by atoms with E-state index in [-0.39, 0.29) is 18.5 Å². The summed E-state index contributed by atoms with van der Waals surface area (Å²) in [7, 11) is 0. The van der Waals surface area contributed by atoms with Crippen molar-refractivity contribution < 1.29 is 9.90 Å². The van der Waals surface area contributed by atoms with Crippen LogP contribution in [0.4, 0.5) is 0 Å². The summed E-state index contributed by atoms with van der Waals surface area (Å²) in [5.74, 6) is -0.516. The summed E-state index contributed by atoms with van der Waals surface area (Å²) in [6.45, 7) is 1.73. The fraction of sp³-hybridized carbons (Fsp3) is 0.333. The molecule has 2 N–H and O–H groups in total. The fourth-order valence-corrected chi connectivity index (χ4v) is 1.64. The van der Waals surface area contributed by atoms with Crippen LogP contribution >= 0.6 is 11.6 Å². The lowest BCUT2D eigenvalue weighted by Gasteiger charge is -2.11. The first-order valence-corrected chi connectivity index (χ1v) is 6.49. The van der Waals surface area contributed by atoms with Gasteiger partial charge in [-0.2, -0.15) is 0 Å². The van der Waals surface area contributed by atoms with Crippen molar-refractivity contribution in [3.8, 4) is 5.69 Å². The molecule has 0 aliphatic carbocycles. The van der Waals surface area contributed by atoms with Crippen molar-refractivity contribution in [3.05, 3.63) is 35.1 Å². The number of aromatic nitrogens is 4. The van der Waals surface area contributed by atoms with E-state index in [0.29, 0.717) is 17.1 Å². The van der Waals surface area contributed by atoms with Gasteiger partial charge in [0.05, 0.1) is 18.3 Å². The lowest BCUT2D eigenvalue weighted by Crippen LogP contribution is -2.37. The van der Waals surface area contributed by atoms with Gasteiger partial charge >= 0.3 is 0 Å². The number of halogens is 1. The first-order chi connectivity index (χ1) is 9.63. The van der Waals surface area contributed by atoms with Gasteiger partial charge in [0.15, 0.2) is 0 Å². The molecule has 0 saturated carbocycles. The second-order valence-electron chi connectivity index (χ2n) is 4.14. The van der Waals surface area contributed by atoms with Crippen LogP contribution in [0.2, 0.25) is 5.02 Å². The van der Waals surface area contributed by atoms with Crippen LogP contribution in [-0.2, 0) is 0 Å². The van der Waals surface area contributed by atoms with Crippen molar-refractivity contribution in [2.75, 3.05) is 6.61 Å². The van der Waals surface area contributed by atoms with Crippen LogP contribution in [0.1, 0.15) is 24.0 Å². The number of tetrazole rings is 1. The van der Waals surface area contributed by atoms with Gasteiger partial charge < -0.3 is 10.4 Å². The fourth-order valence-electron chi connectivity index (χ4n) is 1.52. The van der Waals surface area contributed by atoms with Crippen LogP contribution in [-0.4, -0.2) is 43.9 Å². The van der Waals surface area contributed by atoms with E-state index in [1.54, 1.807) is 24.3 Å². The standard InChI is InChI=1S/C12H14ClN5O2/c1-2-9(7-19)14-12(20)11-15-17-18(16-11)10-5-3-8(13)4-6-10/h3-6,9,19H,2,7H2,1H3,(H,14,20)/t9-/m1/s1. The summed E-state index contributed by atoms with van der Waals surface area (Å²) in [6.07, 6.45) is 0.619. The molecule has 20 heavy (non-hydrogen) atoms. The van der Waals surface area contributed by atoms with Gasteiger partial charge in [0.1, 0.15) is 0 Å². The largest absolute Gasteiger partial charge is 0.394 e. The van der Waals surface area contributed by atoms with Gasteiger partial charge in [-0.3, -0.25) is 4.79 Å². The molecule has 0 spiro atoms. The van der Waals surface area contributed by atoms with Gasteiger partial charge in [0.25, 0.3) is 11.7 Å². The lowest BCUT2D eigenvalue weighted by molar-refractivity contribution is 0.0904. The second kappa shape index (κ2) is 6.44. The molecule has 1 atom stereocenters.